The number of anilines is 1. The van der Waals surface area contributed by atoms with Crippen molar-refractivity contribution in [1.29, 1.82) is 0 Å². The van der Waals surface area contributed by atoms with Gasteiger partial charge in [-0.25, -0.2) is 22.2 Å². The van der Waals surface area contributed by atoms with Crippen molar-refractivity contribution in [3.63, 3.8) is 0 Å². The van der Waals surface area contributed by atoms with E-state index in [1.165, 1.54) is 24.3 Å². The fourth-order valence-corrected chi connectivity index (χ4v) is 7.61. The summed E-state index contributed by atoms with van der Waals surface area (Å²) in [4.78, 5) is 29.5. The fourth-order valence-electron chi connectivity index (χ4n) is 4.48. The van der Waals surface area contributed by atoms with Gasteiger partial charge in [0.15, 0.2) is 26.5 Å². The Kier molecular flexibility index (Phi) is 9.75. The molecular formula is C27H27ClF2N2O6S2. The number of esters is 1. The Morgan fingerprint density at radius 3 is 2.58 bits per heavy atom. The van der Waals surface area contributed by atoms with Crippen LogP contribution in [-0.4, -0.2) is 37.1 Å². The Hall–Kier alpha value is -3.09. The van der Waals surface area contributed by atoms with Crippen LogP contribution in [0.2, 0.25) is 4.34 Å². The summed E-state index contributed by atoms with van der Waals surface area (Å²) in [5.41, 5.74) is 0.173. The Labute approximate surface area is 239 Å². The molecule has 1 heterocycles. The highest BCUT2D eigenvalue weighted by atomic mass is 35.5. The van der Waals surface area contributed by atoms with Gasteiger partial charge >= 0.3 is 5.97 Å². The van der Waals surface area contributed by atoms with E-state index in [-0.39, 0.29) is 38.6 Å². The standard InChI is InChI=1S/C27H27ClF2N2O6S2/c1-2-37-23(33)15-20-25(28)39-27(31-20)32-26(34)24(38-21-13-12-16(29)14-19(21)30)18-10-6-7-11-22(18)40(35,36)17-8-4-3-5-9-17/h6-7,10-14,17,24H,2-5,8-9,15H2,1H3,(H,31,32,34). The lowest BCUT2D eigenvalue weighted by Gasteiger charge is -2.25. The van der Waals surface area contributed by atoms with Crippen LogP contribution in [0.25, 0.3) is 0 Å². The summed E-state index contributed by atoms with van der Waals surface area (Å²) < 4.78 is 66.3. The lowest BCUT2D eigenvalue weighted by atomic mass is 10.0. The molecule has 1 N–H and O–H groups in total. The van der Waals surface area contributed by atoms with Crippen molar-refractivity contribution in [2.45, 2.75) is 61.7 Å². The molecule has 1 amide bonds. The molecule has 214 valence electrons. The Bertz CT molecular complexity index is 1490. The number of amides is 1. The number of benzene rings is 2. The summed E-state index contributed by atoms with van der Waals surface area (Å²) in [5, 5.41) is 1.91. The number of nitrogens with zero attached hydrogens (tertiary/aromatic N) is 1. The maximum Gasteiger partial charge on any atom is 0.311 e. The predicted octanol–water partition coefficient (Wildman–Crippen LogP) is 6.05. The largest absolute Gasteiger partial charge is 0.473 e. The van der Waals surface area contributed by atoms with Crippen molar-refractivity contribution in [3.05, 3.63) is 69.7 Å². The third kappa shape index (κ3) is 6.97. The second kappa shape index (κ2) is 13.0. The lowest BCUT2D eigenvalue weighted by molar-refractivity contribution is -0.142. The lowest BCUT2D eigenvalue weighted by Crippen LogP contribution is -2.30. The Morgan fingerprint density at radius 1 is 1.15 bits per heavy atom. The first-order valence-corrected chi connectivity index (χ1v) is 15.4. The van der Waals surface area contributed by atoms with Gasteiger partial charge in [0, 0.05) is 11.6 Å². The molecule has 0 aliphatic heterocycles. The molecule has 1 aliphatic carbocycles. The molecule has 1 fully saturated rings. The summed E-state index contributed by atoms with van der Waals surface area (Å²) in [6, 6.07) is 8.45. The molecule has 1 atom stereocenters. The van der Waals surface area contributed by atoms with Gasteiger partial charge in [-0.3, -0.25) is 14.9 Å². The highest BCUT2D eigenvalue weighted by molar-refractivity contribution is 7.92. The third-order valence-corrected chi connectivity index (χ3v) is 9.96. The Balaban J connectivity index is 1.71. The van der Waals surface area contributed by atoms with E-state index < -0.39 is 50.5 Å². The monoisotopic (exact) mass is 612 g/mol. The molecule has 0 saturated heterocycles. The van der Waals surface area contributed by atoms with Crippen molar-refractivity contribution in [2.24, 2.45) is 0 Å². The molecule has 8 nitrogen and oxygen atoms in total. The van der Waals surface area contributed by atoms with Crippen LogP contribution in [0.5, 0.6) is 5.75 Å². The van der Waals surface area contributed by atoms with Crippen LogP contribution < -0.4 is 10.1 Å². The predicted molar refractivity (Wildman–Crippen MR) is 146 cm³/mol. The van der Waals surface area contributed by atoms with Crippen LogP contribution in [0, 0.1) is 11.6 Å². The minimum atomic E-state index is -3.87. The first kappa shape index (κ1) is 29.9. The van der Waals surface area contributed by atoms with Crippen LogP contribution in [0.4, 0.5) is 13.9 Å². The summed E-state index contributed by atoms with van der Waals surface area (Å²) in [6.07, 6.45) is 1.58. The second-order valence-corrected chi connectivity index (χ2v) is 12.9. The fraction of sp³-hybridized carbons (Fsp3) is 0.370. The van der Waals surface area contributed by atoms with Gasteiger partial charge in [-0.2, -0.15) is 0 Å². The number of nitrogens with one attached hydrogen (secondary N) is 1. The van der Waals surface area contributed by atoms with Crippen molar-refractivity contribution in [1.82, 2.24) is 4.98 Å². The number of rotatable bonds is 10. The molecular weight excluding hydrogens is 586 g/mol. The number of hydrogen-bond acceptors (Lipinski definition) is 8. The number of carbonyl (C=O) groups is 2. The zero-order valence-corrected chi connectivity index (χ0v) is 23.9. The summed E-state index contributed by atoms with van der Waals surface area (Å²) >= 11 is 7.08. The van der Waals surface area contributed by atoms with Gasteiger partial charge in [-0.05, 0) is 38.0 Å². The average Bonchev–Trinajstić information content (AvgIpc) is 3.26. The van der Waals surface area contributed by atoms with Crippen LogP contribution in [0.3, 0.4) is 0 Å². The van der Waals surface area contributed by atoms with Crippen molar-refractivity contribution in [2.75, 3.05) is 11.9 Å². The van der Waals surface area contributed by atoms with E-state index in [1.807, 2.05) is 0 Å². The average molecular weight is 613 g/mol. The van der Waals surface area contributed by atoms with Crippen LogP contribution in [-0.2, 0) is 30.6 Å². The summed E-state index contributed by atoms with van der Waals surface area (Å²) in [6.45, 7) is 1.83. The zero-order chi connectivity index (χ0) is 28.9. The first-order chi connectivity index (χ1) is 19.1. The van der Waals surface area contributed by atoms with Gasteiger partial charge in [0.05, 0.1) is 28.9 Å². The number of thiazole rings is 1. The zero-order valence-electron chi connectivity index (χ0n) is 21.5. The molecule has 1 aliphatic rings. The molecule has 2 aromatic carbocycles. The minimum Gasteiger partial charge on any atom is -0.473 e. The van der Waals surface area contributed by atoms with Gasteiger partial charge in [-0.15, -0.1) is 0 Å². The normalized spacial score (nSPS) is 14.9. The second-order valence-electron chi connectivity index (χ2n) is 9.13. The van der Waals surface area contributed by atoms with Crippen LogP contribution >= 0.6 is 22.9 Å². The van der Waals surface area contributed by atoms with E-state index in [1.54, 1.807) is 6.92 Å². The molecule has 4 rings (SSSR count). The first-order valence-electron chi connectivity index (χ1n) is 12.7. The van der Waals surface area contributed by atoms with Gasteiger partial charge in [-0.1, -0.05) is 60.4 Å². The SMILES string of the molecule is CCOC(=O)Cc1nc(NC(=O)C(Oc2ccc(F)cc2F)c2ccccc2S(=O)(=O)C2CCCCC2)sc1Cl. The summed E-state index contributed by atoms with van der Waals surface area (Å²) in [7, 11) is -3.87. The highest BCUT2D eigenvalue weighted by Gasteiger charge is 2.35. The van der Waals surface area contributed by atoms with Gasteiger partial charge in [0.1, 0.15) is 10.2 Å². The summed E-state index contributed by atoms with van der Waals surface area (Å²) in [5.74, 6) is -3.80. The molecule has 13 heteroatoms. The molecule has 40 heavy (non-hydrogen) atoms. The number of hydrogen-bond donors (Lipinski definition) is 1. The third-order valence-electron chi connectivity index (χ3n) is 6.37. The Morgan fingerprint density at radius 2 is 1.88 bits per heavy atom. The van der Waals surface area contributed by atoms with E-state index in [2.05, 4.69) is 10.3 Å². The van der Waals surface area contributed by atoms with Crippen molar-refractivity contribution in [3.8, 4) is 5.75 Å². The molecule has 0 radical (unpaired) electrons. The molecule has 0 bridgehead atoms. The van der Waals surface area contributed by atoms with E-state index in [9.17, 15) is 26.8 Å². The van der Waals surface area contributed by atoms with Crippen LogP contribution in [0.1, 0.15) is 56.4 Å². The number of sulfone groups is 1. The highest BCUT2D eigenvalue weighted by Crippen LogP contribution is 2.36. The van der Waals surface area contributed by atoms with Crippen molar-refractivity contribution < 1.29 is 36.3 Å². The van der Waals surface area contributed by atoms with Crippen molar-refractivity contribution >= 4 is 49.8 Å². The van der Waals surface area contributed by atoms with Crippen LogP contribution in [0.15, 0.2) is 47.4 Å². The number of halogens is 3. The number of aromatic nitrogens is 1. The van der Waals surface area contributed by atoms with Gasteiger partial charge in [0.25, 0.3) is 5.91 Å². The maximum absolute atomic E-state index is 14.6. The number of carbonyl (C=O) groups excluding carboxylic acids is 2. The van der Waals surface area contributed by atoms with E-state index >= 15 is 0 Å². The quantitative estimate of drug-likeness (QED) is 0.278. The van der Waals surface area contributed by atoms with E-state index in [4.69, 9.17) is 21.1 Å². The molecule has 3 aromatic rings. The minimum absolute atomic E-state index is 0.00935. The van der Waals surface area contributed by atoms with Gasteiger partial charge < -0.3 is 9.47 Å². The topological polar surface area (TPSA) is 112 Å². The molecule has 1 unspecified atom stereocenters. The molecule has 0 spiro atoms. The molecule has 1 saturated carbocycles. The maximum atomic E-state index is 14.6. The smallest absolute Gasteiger partial charge is 0.311 e. The van der Waals surface area contributed by atoms with E-state index in [0.29, 0.717) is 18.9 Å². The van der Waals surface area contributed by atoms with Gasteiger partial charge in [0.2, 0.25) is 6.10 Å². The number of ether oxygens (including phenoxy) is 2. The molecule has 1 aromatic heterocycles. The van der Waals surface area contributed by atoms with E-state index in [0.717, 1.165) is 42.7 Å².